The maximum atomic E-state index is 12.3. The van der Waals surface area contributed by atoms with Crippen molar-refractivity contribution in [1.29, 1.82) is 5.26 Å². The Hall–Kier alpha value is -0.730. The minimum Gasteiger partial charge on any atom is -0.192 e. The number of halogens is 5. The standard InChI is InChI=1S/C8H2BrClF3N/c9-6-2-5(8(11,12)13)7(10)1-4(6)3-14/h1-2H. The van der Waals surface area contributed by atoms with E-state index in [-0.39, 0.29) is 10.0 Å². The maximum Gasteiger partial charge on any atom is 0.417 e. The Kier molecular flexibility index (Phi) is 3.07. The molecule has 0 bridgehead atoms. The van der Waals surface area contributed by atoms with Gasteiger partial charge in [-0.1, -0.05) is 11.6 Å². The van der Waals surface area contributed by atoms with Crippen molar-refractivity contribution in [1.82, 2.24) is 0 Å². The smallest absolute Gasteiger partial charge is 0.192 e. The molecule has 0 heterocycles. The molecule has 0 aliphatic heterocycles. The first-order chi connectivity index (χ1) is 6.36. The van der Waals surface area contributed by atoms with E-state index in [2.05, 4.69) is 15.9 Å². The van der Waals surface area contributed by atoms with E-state index < -0.39 is 16.8 Å². The molecule has 6 heteroatoms. The van der Waals surface area contributed by atoms with E-state index in [1.807, 2.05) is 0 Å². The normalized spacial score (nSPS) is 11.1. The van der Waals surface area contributed by atoms with Crippen LogP contribution in [-0.2, 0) is 6.18 Å². The van der Waals surface area contributed by atoms with Crippen LogP contribution in [0, 0.1) is 11.3 Å². The van der Waals surface area contributed by atoms with Crippen molar-refractivity contribution >= 4 is 27.5 Å². The molecule has 0 saturated carbocycles. The summed E-state index contributed by atoms with van der Waals surface area (Å²) in [5, 5.41) is 8.04. The lowest BCUT2D eigenvalue weighted by Crippen LogP contribution is -2.06. The van der Waals surface area contributed by atoms with Crippen molar-refractivity contribution in [2.75, 3.05) is 0 Å². The van der Waals surface area contributed by atoms with E-state index in [1.54, 1.807) is 6.07 Å². The van der Waals surface area contributed by atoms with Crippen LogP contribution in [0.1, 0.15) is 11.1 Å². The summed E-state index contributed by atoms with van der Waals surface area (Å²) in [6, 6.07) is 3.49. The fourth-order valence-corrected chi connectivity index (χ4v) is 1.55. The molecule has 0 saturated heterocycles. The number of hydrogen-bond donors (Lipinski definition) is 0. The minimum absolute atomic E-state index is 0.0722. The zero-order valence-electron chi connectivity index (χ0n) is 6.49. The first kappa shape index (κ1) is 11.3. The lowest BCUT2D eigenvalue weighted by molar-refractivity contribution is -0.137. The van der Waals surface area contributed by atoms with Crippen LogP contribution >= 0.6 is 27.5 Å². The third-order valence-electron chi connectivity index (χ3n) is 1.48. The summed E-state index contributed by atoms with van der Waals surface area (Å²) in [5.41, 5.74) is -0.881. The minimum atomic E-state index is -4.51. The number of alkyl halides is 3. The van der Waals surface area contributed by atoms with Gasteiger partial charge in [-0.3, -0.25) is 0 Å². The molecular weight excluding hydrogens is 282 g/mol. The predicted octanol–water partition coefficient (Wildman–Crippen LogP) is 3.99. The van der Waals surface area contributed by atoms with Gasteiger partial charge in [0, 0.05) is 4.47 Å². The highest BCUT2D eigenvalue weighted by Crippen LogP contribution is 2.37. The van der Waals surface area contributed by atoms with Crippen LogP contribution < -0.4 is 0 Å². The molecule has 14 heavy (non-hydrogen) atoms. The zero-order valence-corrected chi connectivity index (χ0v) is 8.83. The van der Waals surface area contributed by atoms with Gasteiger partial charge in [-0.2, -0.15) is 18.4 Å². The predicted molar refractivity (Wildman–Crippen MR) is 48.9 cm³/mol. The Morgan fingerprint density at radius 3 is 2.36 bits per heavy atom. The summed E-state index contributed by atoms with van der Waals surface area (Å²) in [6.45, 7) is 0. The quantitative estimate of drug-likeness (QED) is 0.706. The van der Waals surface area contributed by atoms with Crippen LogP contribution in [-0.4, -0.2) is 0 Å². The average Bonchev–Trinajstić information content (AvgIpc) is 2.06. The molecule has 74 valence electrons. The molecule has 0 N–H and O–H groups in total. The summed E-state index contributed by atoms with van der Waals surface area (Å²) in [6.07, 6.45) is -4.51. The van der Waals surface area contributed by atoms with Crippen LogP contribution in [0.15, 0.2) is 16.6 Å². The highest BCUT2D eigenvalue weighted by atomic mass is 79.9. The first-order valence-electron chi connectivity index (χ1n) is 3.32. The van der Waals surface area contributed by atoms with Gasteiger partial charge >= 0.3 is 6.18 Å². The SMILES string of the molecule is N#Cc1cc(Cl)c(C(F)(F)F)cc1Br. The molecule has 0 aliphatic carbocycles. The number of hydrogen-bond acceptors (Lipinski definition) is 1. The second kappa shape index (κ2) is 3.79. The lowest BCUT2D eigenvalue weighted by Gasteiger charge is -2.09. The van der Waals surface area contributed by atoms with Crippen LogP contribution in [0.5, 0.6) is 0 Å². The van der Waals surface area contributed by atoms with Gasteiger partial charge in [-0.25, -0.2) is 0 Å². The molecule has 0 aromatic heterocycles. The number of nitriles is 1. The molecule has 0 unspecified atom stereocenters. The van der Waals surface area contributed by atoms with Crippen LogP contribution in [0.3, 0.4) is 0 Å². The Labute approximate surface area is 91.2 Å². The Morgan fingerprint density at radius 2 is 1.93 bits per heavy atom. The zero-order chi connectivity index (χ0) is 10.9. The van der Waals surface area contributed by atoms with Gasteiger partial charge in [0.1, 0.15) is 6.07 Å². The monoisotopic (exact) mass is 283 g/mol. The summed E-state index contributed by atoms with van der Waals surface area (Å²) >= 11 is 8.23. The summed E-state index contributed by atoms with van der Waals surface area (Å²) in [4.78, 5) is 0. The maximum absolute atomic E-state index is 12.3. The van der Waals surface area contributed by atoms with Gasteiger partial charge in [0.2, 0.25) is 0 Å². The Bertz CT molecular complexity index is 408. The Balaban J connectivity index is 3.38. The van der Waals surface area contributed by atoms with Gasteiger partial charge in [-0.15, -0.1) is 0 Å². The van der Waals surface area contributed by atoms with Gasteiger partial charge in [0.25, 0.3) is 0 Å². The number of nitrogens with zero attached hydrogens (tertiary/aromatic N) is 1. The van der Waals surface area contributed by atoms with Gasteiger partial charge in [0.05, 0.1) is 16.1 Å². The van der Waals surface area contributed by atoms with Crippen LogP contribution in [0.4, 0.5) is 13.2 Å². The first-order valence-corrected chi connectivity index (χ1v) is 4.49. The van der Waals surface area contributed by atoms with Crippen LogP contribution in [0.25, 0.3) is 0 Å². The van der Waals surface area contributed by atoms with Crippen molar-refractivity contribution in [3.05, 3.63) is 32.8 Å². The second-order valence-electron chi connectivity index (χ2n) is 2.42. The molecule has 1 nitrogen and oxygen atoms in total. The molecule has 1 rings (SSSR count). The van der Waals surface area contributed by atoms with Gasteiger partial charge < -0.3 is 0 Å². The lowest BCUT2D eigenvalue weighted by atomic mass is 10.1. The highest BCUT2D eigenvalue weighted by molar-refractivity contribution is 9.10. The molecule has 0 aliphatic rings. The van der Waals surface area contributed by atoms with E-state index in [4.69, 9.17) is 16.9 Å². The molecule has 1 aromatic rings. The van der Waals surface area contributed by atoms with Gasteiger partial charge in [-0.05, 0) is 28.1 Å². The Morgan fingerprint density at radius 1 is 1.36 bits per heavy atom. The van der Waals surface area contributed by atoms with Crippen molar-refractivity contribution < 1.29 is 13.2 Å². The summed E-state index contributed by atoms with van der Waals surface area (Å²) in [7, 11) is 0. The molecule has 0 spiro atoms. The largest absolute Gasteiger partial charge is 0.417 e. The van der Waals surface area contributed by atoms with Crippen molar-refractivity contribution in [2.45, 2.75) is 6.18 Å². The summed E-state index contributed by atoms with van der Waals surface area (Å²) in [5.74, 6) is 0. The molecule has 0 fully saturated rings. The molecule has 1 aromatic carbocycles. The fraction of sp³-hybridized carbons (Fsp3) is 0.125. The topological polar surface area (TPSA) is 23.8 Å². The summed E-state index contributed by atoms with van der Waals surface area (Å²) < 4.78 is 36.9. The fourth-order valence-electron chi connectivity index (χ4n) is 0.850. The molecule has 0 atom stereocenters. The van der Waals surface area contributed by atoms with E-state index in [1.165, 1.54) is 0 Å². The molecule has 0 amide bonds. The average molecular weight is 284 g/mol. The molecule has 0 radical (unpaired) electrons. The third-order valence-corrected chi connectivity index (χ3v) is 2.45. The van der Waals surface area contributed by atoms with Gasteiger partial charge in [0.15, 0.2) is 0 Å². The van der Waals surface area contributed by atoms with Crippen molar-refractivity contribution in [3.8, 4) is 6.07 Å². The highest BCUT2D eigenvalue weighted by Gasteiger charge is 2.33. The molecular formula is C8H2BrClF3N. The number of benzene rings is 1. The second-order valence-corrected chi connectivity index (χ2v) is 3.68. The van der Waals surface area contributed by atoms with Crippen molar-refractivity contribution in [2.24, 2.45) is 0 Å². The van der Waals surface area contributed by atoms with E-state index in [0.717, 1.165) is 12.1 Å². The van der Waals surface area contributed by atoms with Crippen molar-refractivity contribution in [3.63, 3.8) is 0 Å². The van der Waals surface area contributed by atoms with Crippen LogP contribution in [0.2, 0.25) is 5.02 Å². The number of rotatable bonds is 0. The van der Waals surface area contributed by atoms with E-state index >= 15 is 0 Å². The van der Waals surface area contributed by atoms with E-state index in [9.17, 15) is 13.2 Å². The van der Waals surface area contributed by atoms with E-state index in [0.29, 0.717) is 0 Å². The third kappa shape index (κ3) is 2.20.